The van der Waals surface area contributed by atoms with Gasteiger partial charge >= 0.3 is 6.09 Å². The number of carbonyl (C=O) groups excluding carboxylic acids is 1. The molecule has 0 radical (unpaired) electrons. The molecule has 2 heterocycles. The van der Waals surface area contributed by atoms with Gasteiger partial charge in [-0.25, -0.2) is 19.6 Å². The molecule has 5 rings (SSSR count). The van der Waals surface area contributed by atoms with E-state index in [-0.39, 0.29) is 6.04 Å². The predicted octanol–water partition coefficient (Wildman–Crippen LogP) is 5.31. The summed E-state index contributed by atoms with van der Waals surface area (Å²) < 4.78 is 6.08. The molecule has 146 valence electrons. The van der Waals surface area contributed by atoms with Crippen molar-refractivity contribution >= 4 is 17.5 Å². The van der Waals surface area contributed by atoms with Crippen LogP contribution >= 0.6 is 0 Å². The first kappa shape index (κ1) is 17.8. The third kappa shape index (κ3) is 2.47. The van der Waals surface area contributed by atoms with E-state index in [4.69, 9.17) is 9.57 Å². The first-order valence-electron chi connectivity index (χ1n) is 9.71. The van der Waals surface area contributed by atoms with E-state index in [0.717, 1.165) is 16.9 Å². The molecular formula is C24H22N2O3. The van der Waals surface area contributed by atoms with Crippen LogP contribution < -0.4 is 9.96 Å². The second kappa shape index (κ2) is 6.36. The average Bonchev–Trinajstić information content (AvgIpc) is 3.09. The lowest BCUT2D eigenvalue weighted by Crippen LogP contribution is -2.54. The van der Waals surface area contributed by atoms with E-state index in [9.17, 15) is 4.79 Å². The van der Waals surface area contributed by atoms with Gasteiger partial charge in [0.05, 0.1) is 11.4 Å². The van der Waals surface area contributed by atoms with Crippen LogP contribution in [0.15, 0.2) is 91.0 Å². The maximum Gasteiger partial charge on any atom is 0.417 e. The highest BCUT2D eigenvalue weighted by atomic mass is 16.8. The van der Waals surface area contributed by atoms with Gasteiger partial charge in [0, 0.05) is 0 Å². The van der Waals surface area contributed by atoms with E-state index in [2.05, 4.69) is 0 Å². The molecule has 29 heavy (non-hydrogen) atoms. The van der Waals surface area contributed by atoms with Gasteiger partial charge in [-0.05, 0) is 43.7 Å². The molecule has 2 aliphatic heterocycles. The minimum Gasteiger partial charge on any atom is -0.435 e. The first-order chi connectivity index (χ1) is 14.0. The molecule has 0 bridgehead atoms. The lowest BCUT2D eigenvalue weighted by atomic mass is 9.83. The van der Waals surface area contributed by atoms with Crippen LogP contribution in [-0.4, -0.2) is 17.4 Å². The van der Waals surface area contributed by atoms with Crippen LogP contribution in [0, 0.1) is 0 Å². The maximum atomic E-state index is 13.0. The third-order valence-electron chi connectivity index (χ3n) is 6.00. The van der Waals surface area contributed by atoms with E-state index in [1.54, 1.807) is 4.90 Å². The molecule has 3 unspecified atom stereocenters. The summed E-state index contributed by atoms with van der Waals surface area (Å²) in [5.74, 6) is 0. The van der Waals surface area contributed by atoms with Crippen LogP contribution in [0.5, 0.6) is 0 Å². The minimum absolute atomic E-state index is 0.311. The molecule has 0 saturated carbocycles. The van der Waals surface area contributed by atoms with Gasteiger partial charge in [-0.2, -0.15) is 0 Å². The summed E-state index contributed by atoms with van der Waals surface area (Å²) in [5, 5.41) is 1.87. The number of amides is 1. The highest BCUT2D eigenvalue weighted by Gasteiger charge is 2.72. The number of hydrogen-bond acceptors (Lipinski definition) is 4. The van der Waals surface area contributed by atoms with Gasteiger partial charge in [0.25, 0.3) is 0 Å². The molecular weight excluding hydrogens is 364 g/mol. The zero-order valence-corrected chi connectivity index (χ0v) is 16.4. The van der Waals surface area contributed by atoms with Gasteiger partial charge in [0.1, 0.15) is 6.04 Å². The number of nitrogens with zero attached hydrogens (tertiary/aromatic N) is 2. The van der Waals surface area contributed by atoms with Crippen molar-refractivity contribution in [3.05, 3.63) is 96.6 Å². The largest absolute Gasteiger partial charge is 0.435 e. The van der Waals surface area contributed by atoms with Crippen molar-refractivity contribution in [2.75, 3.05) is 9.96 Å². The number of hydrogen-bond donors (Lipinski definition) is 0. The molecule has 3 aromatic rings. The molecule has 5 heteroatoms. The summed E-state index contributed by atoms with van der Waals surface area (Å²) >= 11 is 0. The smallest absolute Gasteiger partial charge is 0.417 e. The van der Waals surface area contributed by atoms with Crippen molar-refractivity contribution in [1.82, 2.24) is 0 Å². The number of carbonyl (C=O) groups is 1. The van der Waals surface area contributed by atoms with Crippen molar-refractivity contribution in [2.24, 2.45) is 0 Å². The van der Waals surface area contributed by atoms with E-state index in [1.165, 1.54) is 0 Å². The van der Waals surface area contributed by atoms with Crippen molar-refractivity contribution in [3.8, 4) is 0 Å². The number of ether oxygens (including phenoxy) is 1. The second-order valence-corrected chi connectivity index (χ2v) is 7.69. The Morgan fingerprint density at radius 2 is 1.28 bits per heavy atom. The van der Waals surface area contributed by atoms with E-state index in [0.29, 0.717) is 0 Å². The zero-order valence-electron chi connectivity index (χ0n) is 16.4. The summed E-state index contributed by atoms with van der Waals surface area (Å²) in [4.78, 5) is 21.2. The van der Waals surface area contributed by atoms with Crippen LogP contribution in [0.4, 0.5) is 16.2 Å². The van der Waals surface area contributed by atoms with E-state index < -0.39 is 17.4 Å². The minimum atomic E-state index is -1.03. The van der Waals surface area contributed by atoms with E-state index >= 15 is 0 Å². The number of rotatable bonds is 3. The number of hydroxylamine groups is 1. The van der Waals surface area contributed by atoms with Gasteiger partial charge in [-0.15, -0.1) is 0 Å². The Kier molecular flexibility index (Phi) is 3.89. The molecule has 1 amide bonds. The summed E-state index contributed by atoms with van der Waals surface area (Å²) in [5.41, 5.74) is 0.705. The Morgan fingerprint density at radius 1 is 0.759 bits per heavy atom. The van der Waals surface area contributed by atoms with Gasteiger partial charge in [-0.1, -0.05) is 66.7 Å². The molecule has 0 spiro atoms. The lowest BCUT2D eigenvalue weighted by Gasteiger charge is -2.34. The van der Waals surface area contributed by atoms with Gasteiger partial charge in [0.15, 0.2) is 5.60 Å². The number of fused-ring (bicyclic) bond motifs is 1. The fraction of sp³-hybridized carbons (Fsp3) is 0.208. The molecule has 2 fully saturated rings. The molecule has 0 aromatic heterocycles. The summed E-state index contributed by atoms with van der Waals surface area (Å²) in [6, 6.07) is 29.2. The van der Waals surface area contributed by atoms with Crippen molar-refractivity contribution in [2.45, 2.75) is 31.2 Å². The van der Waals surface area contributed by atoms with Crippen molar-refractivity contribution in [3.63, 3.8) is 0 Å². The van der Waals surface area contributed by atoms with Crippen LogP contribution in [0.3, 0.4) is 0 Å². The third-order valence-corrected chi connectivity index (χ3v) is 6.00. The van der Waals surface area contributed by atoms with Crippen LogP contribution in [-0.2, 0) is 9.57 Å². The Morgan fingerprint density at radius 3 is 1.86 bits per heavy atom. The quantitative estimate of drug-likeness (QED) is 0.612. The summed E-state index contributed by atoms with van der Waals surface area (Å²) in [6.45, 7) is 3.87. The standard InChI is InChI=1S/C24H22N2O3/c1-23-21(18-12-6-3-7-13-18)26(20-16-10-5-11-17-20)29-24(23,2)25(22(27)28-23)19-14-8-4-9-15-19/h3-17,21H,1-2H3. The Hall–Kier alpha value is -3.31. The van der Waals surface area contributed by atoms with Gasteiger partial charge < -0.3 is 4.74 Å². The first-order valence-corrected chi connectivity index (χ1v) is 9.71. The molecule has 5 nitrogen and oxygen atoms in total. The fourth-order valence-corrected chi connectivity index (χ4v) is 4.42. The summed E-state index contributed by atoms with van der Waals surface area (Å²) in [6.07, 6.45) is -0.408. The van der Waals surface area contributed by atoms with Gasteiger partial charge in [0.2, 0.25) is 5.72 Å². The second-order valence-electron chi connectivity index (χ2n) is 7.69. The number of anilines is 2. The van der Waals surface area contributed by atoms with Crippen molar-refractivity contribution in [1.29, 1.82) is 0 Å². The molecule has 2 saturated heterocycles. The normalized spacial score (nSPS) is 28.3. The van der Waals surface area contributed by atoms with Crippen molar-refractivity contribution < 1.29 is 14.4 Å². The Bertz CT molecular complexity index is 1030. The Balaban J connectivity index is 1.69. The summed E-state index contributed by atoms with van der Waals surface area (Å²) in [7, 11) is 0. The highest BCUT2D eigenvalue weighted by Crippen LogP contribution is 2.57. The highest BCUT2D eigenvalue weighted by molar-refractivity contribution is 5.92. The molecule has 0 aliphatic carbocycles. The zero-order chi connectivity index (χ0) is 20.1. The topological polar surface area (TPSA) is 42.0 Å². The van der Waals surface area contributed by atoms with Crippen LogP contribution in [0.2, 0.25) is 0 Å². The molecule has 2 aliphatic rings. The maximum absolute atomic E-state index is 13.0. The molecule has 0 N–H and O–H groups in total. The SMILES string of the molecule is CC12OC(=O)N(c3ccccc3)C1(C)ON(c1ccccc1)C2c1ccccc1. The average molecular weight is 386 g/mol. The van der Waals surface area contributed by atoms with Crippen LogP contribution in [0.25, 0.3) is 0 Å². The van der Waals surface area contributed by atoms with Crippen LogP contribution in [0.1, 0.15) is 25.5 Å². The molecule has 3 atom stereocenters. The fourth-order valence-electron chi connectivity index (χ4n) is 4.42. The Labute approximate surface area is 170 Å². The van der Waals surface area contributed by atoms with E-state index in [1.807, 2.05) is 110 Å². The number of para-hydroxylation sites is 2. The number of benzene rings is 3. The monoisotopic (exact) mass is 386 g/mol. The molecule has 3 aromatic carbocycles. The van der Waals surface area contributed by atoms with Gasteiger partial charge in [-0.3, -0.25) is 0 Å². The predicted molar refractivity (Wildman–Crippen MR) is 111 cm³/mol. The lowest BCUT2D eigenvalue weighted by molar-refractivity contribution is -0.0609.